The zero-order valence-electron chi connectivity index (χ0n) is 11.1. The molecule has 0 heterocycles. The molecule has 0 unspecified atom stereocenters. The van der Waals surface area contributed by atoms with Crippen LogP contribution in [-0.4, -0.2) is 11.4 Å². The molecule has 1 aliphatic rings. The Morgan fingerprint density at radius 3 is 2.18 bits per heavy atom. The molecule has 0 aromatic rings. The summed E-state index contributed by atoms with van der Waals surface area (Å²) >= 11 is 0. The maximum atomic E-state index is 12.2. The first-order valence-electron chi connectivity index (χ1n) is 6.90. The summed E-state index contributed by atoms with van der Waals surface area (Å²) in [6.45, 7) is 3.92. The van der Waals surface area contributed by atoms with Crippen LogP contribution in [0.2, 0.25) is 0 Å². The van der Waals surface area contributed by atoms with Crippen LogP contribution >= 0.6 is 0 Å². The molecular formula is C14H24N2O. The summed E-state index contributed by atoms with van der Waals surface area (Å²) in [5, 5.41) is 12.2. The third-order valence-corrected chi connectivity index (χ3v) is 4.01. The third kappa shape index (κ3) is 3.73. The van der Waals surface area contributed by atoms with Crippen LogP contribution in [0, 0.1) is 17.2 Å². The molecule has 3 heteroatoms. The number of nitrogens with one attached hydrogen (secondary N) is 1. The molecule has 1 amide bonds. The highest BCUT2D eigenvalue weighted by molar-refractivity contribution is 5.79. The highest BCUT2D eigenvalue weighted by atomic mass is 16.2. The summed E-state index contributed by atoms with van der Waals surface area (Å²) < 4.78 is 0. The van der Waals surface area contributed by atoms with Gasteiger partial charge in [0.2, 0.25) is 5.91 Å². The molecule has 1 fully saturated rings. The van der Waals surface area contributed by atoms with Gasteiger partial charge in [-0.1, -0.05) is 39.5 Å². The standard InChI is InChI=1S/C14H24N2O/c1-3-14(4-2,11-15)16-13(17)12-9-7-5-6-8-10-12/h12H,3-10H2,1-2H3,(H,16,17). The Hall–Kier alpha value is -1.04. The van der Waals surface area contributed by atoms with Crippen molar-refractivity contribution in [3.8, 4) is 6.07 Å². The van der Waals surface area contributed by atoms with Crippen LogP contribution in [0.15, 0.2) is 0 Å². The summed E-state index contributed by atoms with van der Waals surface area (Å²) in [5.74, 6) is 0.223. The molecule has 0 saturated heterocycles. The average Bonchev–Trinajstić information content (AvgIpc) is 2.65. The fraction of sp³-hybridized carbons (Fsp3) is 0.857. The first-order chi connectivity index (χ1) is 8.17. The first-order valence-corrected chi connectivity index (χ1v) is 6.90. The maximum absolute atomic E-state index is 12.2. The van der Waals surface area contributed by atoms with Gasteiger partial charge in [-0.15, -0.1) is 0 Å². The molecule has 3 nitrogen and oxygen atoms in total. The van der Waals surface area contributed by atoms with Gasteiger partial charge in [-0.2, -0.15) is 5.26 Å². The van der Waals surface area contributed by atoms with E-state index in [9.17, 15) is 10.1 Å². The van der Waals surface area contributed by atoms with Crippen molar-refractivity contribution in [3.63, 3.8) is 0 Å². The highest BCUT2D eigenvalue weighted by Gasteiger charge is 2.30. The Labute approximate surface area is 105 Å². The lowest BCUT2D eigenvalue weighted by molar-refractivity contribution is -0.126. The van der Waals surface area contributed by atoms with E-state index < -0.39 is 5.54 Å². The number of hydrogen-bond donors (Lipinski definition) is 1. The summed E-state index contributed by atoms with van der Waals surface area (Å²) in [5.41, 5.74) is -0.649. The van der Waals surface area contributed by atoms with Crippen LogP contribution in [0.5, 0.6) is 0 Å². The SMILES string of the molecule is CCC(C#N)(CC)NC(=O)C1CCCCCC1. The minimum Gasteiger partial charge on any atom is -0.338 e. The number of carbonyl (C=O) groups is 1. The van der Waals surface area contributed by atoms with Crippen molar-refractivity contribution in [3.05, 3.63) is 0 Å². The van der Waals surface area contributed by atoms with E-state index in [2.05, 4.69) is 11.4 Å². The van der Waals surface area contributed by atoms with E-state index in [1.54, 1.807) is 0 Å². The predicted molar refractivity (Wildman–Crippen MR) is 68.3 cm³/mol. The fourth-order valence-corrected chi connectivity index (χ4v) is 2.49. The van der Waals surface area contributed by atoms with E-state index in [0.29, 0.717) is 12.8 Å². The second kappa shape index (κ2) is 6.64. The van der Waals surface area contributed by atoms with Crippen molar-refractivity contribution in [1.82, 2.24) is 5.32 Å². The lowest BCUT2D eigenvalue weighted by Gasteiger charge is -2.27. The molecular weight excluding hydrogens is 212 g/mol. The first kappa shape index (κ1) is 14.0. The summed E-state index contributed by atoms with van der Waals surface area (Å²) in [6, 6.07) is 2.27. The molecule has 1 aliphatic carbocycles. The molecule has 0 aromatic heterocycles. The lowest BCUT2D eigenvalue weighted by Crippen LogP contribution is -2.48. The molecule has 1 saturated carbocycles. The minimum atomic E-state index is -0.649. The van der Waals surface area contributed by atoms with Crippen molar-refractivity contribution < 1.29 is 4.79 Å². The van der Waals surface area contributed by atoms with Crippen LogP contribution < -0.4 is 5.32 Å². The number of carbonyl (C=O) groups excluding carboxylic acids is 1. The van der Waals surface area contributed by atoms with Gasteiger partial charge in [-0.05, 0) is 25.7 Å². The molecule has 0 bridgehead atoms. The maximum Gasteiger partial charge on any atom is 0.224 e. The molecule has 0 aromatic carbocycles. The van der Waals surface area contributed by atoms with E-state index in [1.165, 1.54) is 12.8 Å². The van der Waals surface area contributed by atoms with Crippen molar-refractivity contribution in [2.24, 2.45) is 5.92 Å². The second-order valence-electron chi connectivity index (χ2n) is 5.08. The van der Waals surface area contributed by atoms with Crippen LogP contribution in [-0.2, 0) is 4.79 Å². The number of nitrogens with zero attached hydrogens (tertiary/aromatic N) is 1. The lowest BCUT2D eigenvalue weighted by atomic mass is 9.92. The van der Waals surface area contributed by atoms with Gasteiger partial charge < -0.3 is 5.32 Å². The van der Waals surface area contributed by atoms with E-state index in [1.807, 2.05) is 13.8 Å². The van der Waals surface area contributed by atoms with Crippen molar-refractivity contribution in [2.45, 2.75) is 70.8 Å². The van der Waals surface area contributed by atoms with E-state index in [4.69, 9.17) is 0 Å². The molecule has 1 N–H and O–H groups in total. The van der Waals surface area contributed by atoms with Crippen LogP contribution in [0.1, 0.15) is 65.2 Å². The Kier molecular flexibility index (Phi) is 5.47. The van der Waals surface area contributed by atoms with Crippen LogP contribution in [0.4, 0.5) is 0 Å². The average molecular weight is 236 g/mol. The van der Waals surface area contributed by atoms with Gasteiger partial charge in [-0.25, -0.2) is 0 Å². The zero-order chi connectivity index (χ0) is 12.7. The summed E-state index contributed by atoms with van der Waals surface area (Å²) in [7, 11) is 0. The van der Waals surface area contributed by atoms with Gasteiger partial charge >= 0.3 is 0 Å². The summed E-state index contributed by atoms with van der Waals surface area (Å²) in [6.07, 6.45) is 8.12. The van der Waals surface area contributed by atoms with Gasteiger partial charge in [0.05, 0.1) is 6.07 Å². The molecule has 17 heavy (non-hydrogen) atoms. The quantitative estimate of drug-likeness (QED) is 0.762. The Morgan fingerprint density at radius 2 is 1.76 bits per heavy atom. The normalized spacial score (nSPS) is 18.2. The number of amides is 1. The van der Waals surface area contributed by atoms with Crippen LogP contribution in [0.25, 0.3) is 0 Å². The largest absolute Gasteiger partial charge is 0.338 e. The second-order valence-corrected chi connectivity index (χ2v) is 5.08. The number of rotatable bonds is 4. The van der Waals surface area contributed by atoms with Gasteiger partial charge in [0.1, 0.15) is 5.54 Å². The smallest absolute Gasteiger partial charge is 0.224 e. The molecule has 1 rings (SSSR count). The van der Waals surface area contributed by atoms with Gasteiger partial charge in [0.15, 0.2) is 0 Å². The minimum absolute atomic E-state index is 0.0946. The Morgan fingerprint density at radius 1 is 1.24 bits per heavy atom. The molecule has 0 aliphatic heterocycles. The predicted octanol–water partition coefficient (Wildman–Crippen LogP) is 3.16. The highest BCUT2D eigenvalue weighted by Crippen LogP contribution is 2.24. The summed E-state index contributed by atoms with van der Waals surface area (Å²) in [4.78, 5) is 12.2. The van der Waals surface area contributed by atoms with Crippen molar-refractivity contribution >= 4 is 5.91 Å². The van der Waals surface area contributed by atoms with Crippen molar-refractivity contribution in [1.29, 1.82) is 5.26 Å². The molecule has 0 radical (unpaired) electrons. The topological polar surface area (TPSA) is 52.9 Å². The van der Waals surface area contributed by atoms with Gasteiger partial charge in [0.25, 0.3) is 0 Å². The fourth-order valence-electron chi connectivity index (χ4n) is 2.49. The molecule has 96 valence electrons. The molecule has 0 atom stereocenters. The number of nitriles is 1. The Balaban J connectivity index is 2.60. The van der Waals surface area contributed by atoms with Crippen LogP contribution in [0.3, 0.4) is 0 Å². The van der Waals surface area contributed by atoms with Crippen molar-refractivity contribution in [2.75, 3.05) is 0 Å². The van der Waals surface area contributed by atoms with Gasteiger partial charge in [-0.3, -0.25) is 4.79 Å². The van der Waals surface area contributed by atoms with E-state index in [0.717, 1.165) is 25.7 Å². The Bertz CT molecular complexity index is 281. The number of hydrogen-bond acceptors (Lipinski definition) is 2. The zero-order valence-corrected chi connectivity index (χ0v) is 11.1. The van der Waals surface area contributed by atoms with E-state index in [-0.39, 0.29) is 11.8 Å². The molecule has 0 spiro atoms. The monoisotopic (exact) mass is 236 g/mol. The van der Waals surface area contributed by atoms with E-state index >= 15 is 0 Å². The third-order valence-electron chi connectivity index (χ3n) is 4.01. The van der Waals surface area contributed by atoms with Gasteiger partial charge in [0, 0.05) is 5.92 Å².